The van der Waals surface area contributed by atoms with Gasteiger partial charge in [0.25, 0.3) is 0 Å². The topological polar surface area (TPSA) is 71.8 Å². The smallest absolute Gasteiger partial charge is 0.238 e. The van der Waals surface area contributed by atoms with Gasteiger partial charge in [-0.2, -0.15) is 4.31 Å². The Labute approximate surface area is 244 Å². The van der Waals surface area contributed by atoms with Gasteiger partial charge in [-0.1, -0.05) is 74.0 Å². The second-order valence-electron chi connectivity index (χ2n) is 10.0. The Hall–Kier alpha value is -2.91. The van der Waals surface area contributed by atoms with E-state index in [1.165, 1.54) is 9.71 Å². The number of benzene rings is 2. The second kappa shape index (κ2) is 15.8. The normalized spacial score (nSPS) is 12.1. The molecular formula is C31H40ClN3O4S. The number of nitrogens with zero attached hydrogens (tertiary/aromatic N) is 3. The quantitative estimate of drug-likeness (QED) is 0.196. The van der Waals surface area contributed by atoms with Crippen LogP contribution in [0.25, 0.3) is 6.08 Å². The third-order valence-electron chi connectivity index (χ3n) is 6.32. The predicted molar refractivity (Wildman–Crippen MR) is 162 cm³/mol. The van der Waals surface area contributed by atoms with E-state index in [1.807, 2.05) is 93.7 Å². The maximum atomic E-state index is 13.7. The summed E-state index contributed by atoms with van der Waals surface area (Å²) in [4.78, 5) is 15.4. The highest BCUT2D eigenvalue weighted by Crippen LogP contribution is 2.19. The lowest BCUT2D eigenvalue weighted by Crippen LogP contribution is -2.44. The van der Waals surface area contributed by atoms with Gasteiger partial charge in [-0.15, -0.1) is 0 Å². The van der Waals surface area contributed by atoms with Crippen molar-refractivity contribution in [1.29, 1.82) is 0 Å². The average Bonchev–Trinajstić information content (AvgIpc) is 3.36. The van der Waals surface area contributed by atoms with Crippen molar-refractivity contribution in [2.75, 3.05) is 32.8 Å². The van der Waals surface area contributed by atoms with E-state index in [2.05, 4.69) is 4.57 Å². The van der Waals surface area contributed by atoms with Gasteiger partial charge in [0.05, 0.1) is 13.1 Å². The second-order valence-corrected chi connectivity index (χ2v) is 12.3. The molecule has 2 aromatic carbocycles. The first-order valence-electron chi connectivity index (χ1n) is 13.7. The molecule has 40 heavy (non-hydrogen) atoms. The molecule has 9 heteroatoms. The minimum Gasteiger partial charge on any atom is -0.382 e. The Morgan fingerprint density at radius 2 is 1.77 bits per heavy atom. The Kier molecular flexibility index (Phi) is 12.5. The summed E-state index contributed by atoms with van der Waals surface area (Å²) in [5.41, 5.74) is 2.70. The largest absolute Gasteiger partial charge is 0.382 e. The first-order chi connectivity index (χ1) is 19.2. The van der Waals surface area contributed by atoms with Crippen LogP contribution in [0, 0.1) is 5.92 Å². The van der Waals surface area contributed by atoms with Gasteiger partial charge >= 0.3 is 0 Å². The minimum absolute atomic E-state index is 0.186. The van der Waals surface area contributed by atoms with Crippen LogP contribution in [0.2, 0.25) is 5.02 Å². The standard InChI is InChI=1S/C31H40ClN3O4S/c1-4-39-20-11-19-35(40(37,38)21-17-27-12-6-5-7-13-27)25-31(36)34(22-26(2)3)24-29-15-10-18-33(29)23-28-14-8-9-16-30(28)32/h5-10,12-18,21,26H,4,11,19-20,22-25H2,1-3H3. The number of halogens is 1. The fourth-order valence-corrected chi connectivity index (χ4v) is 5.67. The van der Waals surface area contributed by atoms with Crippen LogP contribution in [0.15, 0.2) is 78.3 Å². The molecule has 0 N–H and O–H groups in total. The lowest BCUT2D eigenvalue weighted by molar-refractivity contribution is -0.132. The van der Waals surface area contributed by atoms with Crippen LogP contribution in [0.5, 0.6) is 0 Å². The van der Waals surface area contributed by atoms with Crippen molar-refractivity contribution in [3.8, 4) is 0 Å². The van der Waals surface area contributed by atoms with E-state index >= 15 is 0 Å². The maximum absolute atomic E-state index is 13.7. The molecular weight excluding hydrogens is 546 g/mol. The molecule has 216 valence electrons. The van der Waals surface area contributed by atoms with Crippen LogP contribution in [0.4, 0.5) is 0 Å². The number of hydrogen-bond acceptors (Lipinski definition) is 4. The average molecular weight is 586 g/mol. The maximum Gasteiger partial charge on any atom is 0.238 e. The van der Waals surface area contributed by atoms with Crippen LogP contribution in [-0.2, 0) is 32.6 Å². The molecule has 1 amide bonds. The molecule has 0 unspecified atom stereocenters. The SMILES string of the molecule is CCOCCCN(CC(=O)N(Cc1cccn1Cc1ccccc1Cl)CC(C)C)S(=O)(=O)C=Cc1ccccc1. The molecule has 0 fully saturated rings. The van der Waals surface area contributed by atoms with E-state index in [1.54, 1.807) is 11.0 Å². The molecule has 3 aromatic rings. The van der Waals surface area contributed by atoms with Crippen molar-refractivity contribution in [3.63, 3.8) is 0 Å². The molecule has 0 spiro atoms. The first-order valence-corrected chi connectivity index (χ1v) is 15.5. The molecule has 7 nitrogen and oxygen atoms in total. The van der Waals surface area contributed by atoms with Crippen molar-refractivity contribution < 1.29 is 17.9 Å². The van der Waals surface area contributed by atoms with Gasteiger partial charge < -0.3 is 14.2 Å². The lowest BCUT2D eigenvalue weighted by atomic mass is 10.2. The van der Waals surface area contributed by atoms with E-state index < -0.39 is 10.0 Å². The molecule has 0 saturated carbocycles. The molecule has 0 radical (unpaired) electrons. The summed E-state index contributed by atoms with van der Waals surface area (Å²) < 4.78 is 35.5. The summed E-state index contributed by atoms with van der Waals surface area (Å²) in [7, 11) is -3.85. The summed E-state index contributed by atoms with van der Waals surface area (Å²) in [5, 5.41) is 1.87. The number of carbonyl (C=O) groups is 1. The molecule has 0 aliphatic rings. The Balaban J connectivity index is 1.79. The monoisotopic (exact) mass is 585 g/mol. The number of hydrogen-bond donors (Lipinski definition) is 0. The highest BCUT2D eigenvalue weighted by atomic mass is 35.5. The van der Waals surface area contributed by atoms with Crippen LogP contribution in [0.3, 0.4) is 0 Å². The van der Waals surface area contributed by atoms with E-state index in [0.717, 1.165) is 16.8 Å². The van der Waals surface area contributed by atoms with Gasteiger partial charge in [-0.3, -0.25) is 4.79 Å². The predicted octanol–water partition coefficient (Wildman–Crippen LogP) is 5.90. The fourth-order valence-electron chi connectivity index (χ4n) is 4.30. The summed E-state index contributed by atoms with van der Waals surface area (Å²) in [6, 6.07) is 20.9. The molecule has 0 aliphatic carbocycles. The Morgan fingerprint density at radius 1 is 1.05 bits per heavy atom. The third kappa shape index (κ3) is 9.93. The number of ether oxygens (including phenoxy) is 1. The van der Waals surface area contributed by atoms with Gasteiger partial charge in [0.1, 0.15) is 0 Å². The Bertz CT molecular complexity index is 1340. The highest BCUT2D eigenvalue weighted by Gasteiger charge is 2.26. The molecule has 1 heterocycles. The molecule has 1 aromatic heterocycles. The van der Waals surface area contributed by atoms with Gasteiger partial charge in [0, 0.05) is 55.2 Å². The van der Waals surface area contributed by atoms with E-state index in [4.69, 9.17) is 16.3 Å². The van der Waals surface area contributed by atoms with Crippen LogP contribution in [-0.4, -0.2) is 60.9 Å². The first kappa shape index (κ1) is 31.6. The number of sulfonamides is 1. The highest BCUT2D eigenvalue weighted by molar-refractivity contribution is 7.92. The molecule has 0 atom stereocenters. The molecule has 0 aliphatic heterocycles. The number of aromatic nitrogens is 1. The molecule has 0 bridgehead atoms. The number of rotatable bonds is 16. The molecule has 0 saturated heterocycles. The number of carbonyl (C=O) groups excluding carboxylic acids is 1. The van der Waals surface area contributed by atoms with Crippen LogP contribution < -0.4 is 0 Å². The van der Waals surface area contributed by atoms with Crippen molar-refractivity contribution in [3.05, 3.63) is 100 Å². The van der Waals surface area contributed by atoms with E-state index in [9.17, 15) is 13.2 Å². The van der Waals surface area contributed by atoms with Crippen molar-refractivity contribution in [1.82, 2.24) is 13.8 Å². The van der Waals surface area contributed by atoms with Crippen LogP contribution >= 0.6 is 11.6 Å². The van der Waals surface area contributed by atoms with Gasteiger partial charge in [0.2, 0.25) is 15.9 Å². The van der Waals surface area contributed by atoms with Crippen molar-refractivity contribution in [2.45, 2.75) is 40.3 Å². The summed E-state index contributed by atoms with van der Waals surface area (Å²) in [5.74, 6) is -0.0378. The minimum atomic E-state index is -3.85. The van der Waals surface area contributed by atoms with Gasteiger partial charge in [0.15, 0.2) is 0 Å². The van der Waals surface area contributed by atoms with E-state index in [-0.39, 0.29) is 24.9 Å². The van der Waals surface area contributed by atoms with Crippen molar-refractivity contribution >= 4 is 33.6 Å². The molecule has 3 rings (SSSR count). The summed E-state index contributed by atoms with van der Waals surface area (Å²) in [6.45, 7) is 8.34. The third-order valence-corrected chi connectivity index (χ3v) is 8.20. The summed E-state index contributed by atoms with van der Waals surface area (Å²) >= 11 is 6.39. The number of amides is 1. The van der Waals surface area contributed by atoms with Gasteiger partial charge in [-0.25, -0.2) is 8.42 Å². The van der Waals surface area contributed by atoms with Crippen LogP contribution in [0.1, 0.15) is 44.0 Å². The van der Waals surface area contributed by atoms with Crippen molar-refractivity contribution in [2.24, 2.45) is 5.92 Å². The Morgan fingerprint density at radius 3 is 2.48 bits per heavy atom. The summed E-state index contributed by atoms with van der Waals surface area (Å²) in [6.07, 6.45) is 4.02. The fraction of sp³-hybridized carbons (Fsp3) is 0.387. The zero-order valence-electron chi connectivity index (χ0n) is 23.6. The van der Waals surface area contributed by atoms with E-state index in [0.29, 0.717) is 44.3 Å². The lowest BCUT2D eigenvalue weighted by Gasteiger charge is -2.28. The zero-order valence-corrected chi connectivity index (χ0v) is 25.2. The van der Waals surface area contributed by atoms with Gasteiger partial charge in [-0.05, 0) is 54.7 Å². The zero-order chi connectivity index (χ0) is 29.0.